The largest absolute Gasteiger partial charge is 0.291 e. The van der Waals surface area contributed by atoms with Gasteiger partial charge in [0.25, 0.3) is 0 Å². The molecule has 0 amide bonds. The van der Waals surface area contributed by atoms with Crippen molar-refractivity contribution in [2.75, 3.05) is 0 Å². The van der Waals surface area contributed by atoms with Crippen molar-refractivity contribution in [3.05, 3.63) is 0 Å². The number of ketones is 2. The molecule has 0 aromatic rings. The van der Waals surface area contributed by atoms with Gasteiger partial charge in [0.15, 0.2) is 0 Å². The fourth-order valence-corrected chi connectivity index (χ4v) is 7.33. The summed E-state index contributed by atoms with van der Waals surface area (Å²) in [5.74, 6) is 4.98. The number of hydrogen-bond donors (Lipinski definition) is 0. The number of Topliss-reactive ketones (excluding diaryl/α,β-unsaturated/α-hetero) is 2. The molecular weight excluding hydrogens is 248 g/mol. The number of hydrogen-bond acceptors (Lipinski definition) is 2. The summed E-state index contributed by atoms with van der Waals surface area (Å²) in [6.45, 7) is 0. The van der Waals surface area contributed by atoms with Crippen LogP contribution in [-0.2, 0) is 9.59 Å². The number of carbonyl (C=O) groups is 2. The molecule has 0 saturated heterocycles. The molecule has 0 spiro atoms. The maximum atomic E-state index is 12.4. The van der Waals surface area contributed by atoms with Gasteiger partial charge >= 0.3 is 0 Å². The normalized spacial score (nSPS) is 56.6. The number of rotatable bonds is 0. The topological polar surface area (TPSA) is 34.1 Å². The molecule has 0 bridgehead atoms. The molecule has 108 valence electrons. The smallest absolute Gasteiger partial charge is 0.202 e. The van der Waals surface area contributed by atoms with Gasteiger partial charge in [0.1, 0.15) is 0 Å². The number of carbonyl (C=O) groups excluding carboxylic acids is 2. The molecule has 0 radical (unpaired) electrons. The van der Waals surface area contributed by atoms with Crippen LogP contribution in [0.5, 0.6) is 0 Å². The lowest BCUT2D eigenvalue weighted by Crippen LogP contribution is -2.53. The summed E-state index contributed by atoms with van der Waals surface area (Å²) in [4.78, 5) is 24.8. The molecule has 20 heavy (non-hydrogen) atoms. The highest BCUT2D eigenvalue weighted by atomic mass is 16.2. The summed E-state index contributed by atoms with van der Waals surface area (Å²) in [5.41, 5.74) is 0. The van der Waals surface area contributed by atoms with Crippen LogP contribution in [0.2, 0.25) is 0 Å². The molecule has 0 aromatic carbocycles. The van der Waals surface area contributed by atoms with Gasteiger partial charge in [0.05, 0.1) is 0 Å². The van der Waals surface area contributed by atoms with Gasteiger partial charge in [0, 0.05) is 11.8 Å². The van der Waals surface area contributed by atoms with Crippen LogP contribution in [0.25, 0.3) is 0 Å². The Morgan fingerprint density at radius 1 is 0.600 bits per heavy atom. The average molecular weight is 272 g/mol. The lowest BCUT2D eigenvalue weighted by atomic mass is 9.46. The first-order chi connectivity index (χ1) is 9.75. The van der Waals surface area contributed by atoms with Crippen molar-refractivity contribution in [2.45, 2.75) is 51.4 Å². The van der Waals surface area contributed by atoms with Gasteiger partial charge in [0.2, 0.25) is 11.6 Å². The third-order valence-electron chi connectivity index (χ3n) is 7.83. The summed E-state index contributed by atoms with van der Waals surface area (Å²) in [5, 5.41) is 0. The first-order valence-corrected chi connectivity index (χ1v) is 8.83. The van der Waals surface area contributed by atoms with E-state index < -0.39 is 0 Å². The summed E-state index contributed by atoms with van der Waals surface area (Å²) in [6.07, 6.45) is 10.3. The average Bonchev–Trinajstić information content (AvgIpc) is 2.73. The molecule has 5 rings (SSSR count). The van der Waals surface area contributed by atoms with Crippen LogP contribution in [0.15, 0.2) is 0 Å². The van der Waals surface area contributed by atoms with Crippen molar-refractivity contribution in [3.63, 3.8) is 0 Å². The fraction of sp³-hybridized carbons (Fsp3) is 0.889. The maximum Gasteiger partial charge on any atom is 0.202 e. The van der Waals surface area contributed by atoms with Crippen LogP contribution in [-0.4, -0.2) is 11.6 Å². The van der Waals surface area contributed by atoms with E-state index in [0.717, 1.165) is 42.4 Å². The van der Waals surface area contributed by atoms with Gasteiger partial charge in [-0.25, -0.2) is 0 Å². The van der Waals surface area contributed by atoms with Gasteiger partial charge in [-0.15, -0.1) is 0 Å². The third kappa shape index (κ3) is 1.31. The van der Waals surface area contributed by atoms with E-state index in [4.69, 9.17) is 0 Å². The fourth-order valence-electron chi connectivity index (χ4n) is 7.33. The predicted octanol–water partition coefficient (Wildman–Crippen LogP) is 3.24. The van der Waals surface area contributed by atoms with Crippen molar-refractivity contribution < 1.29 is 9.59 Å². The Labute approximate surface area is 120 Å². The van der Waals surface area contributed by atoms with Gasteiger partial charge in [-0.3, -0.25) is 9.59 Å². The minimum absolute atomic E-state index is 0.0271. The molecule has 8 unspecified atom stereocenters. The predicted molar refractivity (Wildman–Crippen MR) is 74.9 cm³/mol. The highest BCUT2D eigenvalue weighted by molar-refractivity contribution is 6.41. The quantitative estimate of drug-likeness (QED) is 0.634. The Balaban J connectivity index is 1.61. The second kappa shape index (κ2) is 3.96. The van der Waals surface area contributed by atoms with E-state index in [2.05, 4.69) is 0 Å². The summed E-state index contributed by atoms with van der Waals surface area (Å²) in [6, 6.07) is 0. The monoisotopic (exact) mass is 272 g/mol. The van der Waals surface area contributed by atoms with Gasteiger partial charge < -0.3 is 0 Å². The van der Waals surface area contributed by atoms with Crippen LogP contribution >= 0.6 is 0 Å². The molecule has 0 heterocycles. The van der Waals surface area contributed by atoms with Crippen LogP contribution < -0.4 is 0 Å². The van der Waals surface area contributed by atoms with E-state index in [1.807, 2.05) is 0 Å². The zero-order valence-electron chi connectivity index (χ0n) is 12.1. The zero-order valence-corrected chi connectivity index (χ0v) is 12.1. The molecular formula is C18H24O2. The van der Waals surface area contributed by atoms with Crippen molar-refractivity contribution in [3.8, 4) is 0 Å². The molecule has 2 heteroatoms. The summed E-state index contributed by atoms with van der Waals surface area (Å²) < 4.78 is 0. The van der Waals surface area contributed by atoms with E-state index in [9.17, 15) is 9.59 Å². The highest BCUT2D eigenvalue weighted by Crippen LogP contribution is 2.64. The highest BCUT2D eigenvalue weighted by Gasteiger charge is 2.63. The summed E-state index contributed by atoms with van der Waals surface area (Å²) in [7, 11) is 0. The van der Waals surface area contributed by atoms with Crippen molar-refractivity contribution in [1.29, 1.82) is 0 Å². The molecule has 0 N–H and O–H groups in total. The van der Waals surface area contributed by atoms with E-state index in [0.29, 0.717) is 5.92 Å². The Hall–Kier alpha value is -0.660. The molecule has 5 saturated carbocycles. The van der Waals surface area contributed by atoms with E-state index in [-0.39, 0.29) is 23.4 Å². The Kier molecular flexibility index (Phi) is 2.36. The standard InChI is InChI=1S/C18H24O2/c19-17-12-7-6-10-5-4-9-2-1-3-11-8-13(18(17)20)16(12)15(10)14(9)11/h9-16H,1-8H2. The van der Waals surface area contributed by atoms with E-state index >= 15 is 0 Å². The first kappa shape index (κ1) is 11.9. The zero-order chi connectivity index (χ0) is 13.4. The van der Waals surface area contributed by atoms with Gasteiger partial charge in [-0.1, -0.05) is 19.3 Å². The second-order valence-corrected chi connectivity index (χ2v) is 8.28. The van der Waals surface area contributed by atoms with Crippen molar-refractivity contribution in [2.24, 2.45) is 47.3 Å². The SMILES string of the molecule is O=C1C(=O)C2CC3CCCC4CCC5CCC1C2C5C43. The lowest BCUT2D eigenvalue weighted by Gasteiger charge is -2.58. The third-order valence-corrected chi connectivity index (χ3v) is 7.83. The first-order valence-electron chi connectivity index (χ1n) is 8.83. The van der Waals surface area contributed by atoms with Crippen molar-refractivity contribution >= 4 is 11.6 Å². The molecule has 5 aliphatic rings. The van der Waals surface area contributed by atoms with E-state index in [1.165, 1.54) is 38.5 Å². The molecule has 5 fully saturated rings. The lowest BCUT2D eigenvalue weighted by molar-refractivity contribution is -0.137. The minimum atomic E-state index is 0.0271. The van der Waals surface area contributed by atoms with Crippen LogP contribution in [0, 0.1) is 47.3 Å². The van der Waals surface area contributed by atoms with Gasteiger partial charge in [-0.05, 0) is 67.6 Å². The van der Waals surface area contributed by atoms with Gasteiger partial charge in [-0.2, -0.15) is 0 Å². The second-order valence-electron chi connectivity index (χ2n) is 8.28. The molecule has 8 atom stereocenters. The maximum absolute atomic E-state index is 12.4. The van der Waals surface area contributed by atoms with Crippen LogP contribution in [0.1, 0.15) is 51.4 Å². The molecule has 0 aromatic heterocycles. The van der Waals surface area contributed by atoms with Crippen LogP contribution in [0.3, 0.4) is 0 Å². The minimum Gasteiger partial charge on any atom is -0.291 e. The van der Waals surface area contributed by atoms with Crippen LogP contribution in [0.4, 0.5) is 0 Å². The van der Waals surface area contributed by atoms with E-state index in [1.54, 1.807) is 0 Å². The summed E-state index contributed by atoms with van der Waals surface area (Å²) >= 11 is 0. The Morgan fingerprint density at radius 2 is 1.25 bits per heavy atom. The molecule has 0 aliphatic heterocycles. The van der Waals surface area contributed by atoms with Crippen molar-refractivity contribution in [1.82, 2.24) is 0 Å². The molecule has 2 nitrogen and oxygen atoms in total. The Bertz CT molecular complexity index is 482. The Morgan fingerprint density at radius 3 is 2.10 bits per heavy atom. The molecule has 5 aliphatic carbocycles.